The summed E-state index contributed by atoms with van der Waals surface area (Å²) in [5.74, 6) is 0. The molecule has 0 spiro atoms. The van der Waals surface area contributed by atoms with E-state index in [-0.39, 0.29) is 5.69 Å². The Hall–Kier alpha value is -1.59. The summed E-state index contributed by atoms with van der Waals surface area (Å²) in [6.45, 7) is 8.91. The van der Waals surface area contributed by atoms with Crippen LogP contribution in [-0.2, 0) is 4.74 Å². The zero-order chi connectivity index (χ0) is 14.4. The molecule has 0 aromatic heterocycles. The fourth-order valence-electron chi connectivity index (χ4n) is 1.51. The molecule has 6 heteroatoms. The number of nitro groups is 1. The molecule has 0 saturated heterocycles. The molecule has 0 fully saturated rings. The van der Waals surface area contributed by atoms with E-state index in [1.165, 1.54) is 6.07 Å². The molecular formula is C13H17ClN2O3. The fraction of sp³-hybridized carbons (Fsp3) is 0.385. The molecule has 0 bridgehead atoms. The van der Waals surface area contributed by atoms with Crippen molar-refractivity contribution in [2.24, 2.45) is 0 Å². The molecule has 0 heterocycles. The van der Waals surface area contributed by atoms with E-state index in [0.29, 0.717) is 36.0 Å². The summed E-state index contributed by atoms with van der Waals surface area (Å²) >= 11 is 5.99. The summed E-state index contributed by atoms with van der Waals surface area (Å²) in [5, 5.41) is 14.2. The van der Waals surface area contributed by atoms with Crippen molar-refractivity contribution in [2.45, 2.75) is 13.8 Å². The van der Waals surface area contributed by atoms with Crippen LogP contribution in [0.4, 0.5) is 11.4 Å². The van der Waals surface area contributed by atoms with Gasteiger partial charge in [0.25, 0.3) is 5.69 Å². The number of hydrogen-bond donors (Lipinski definition) is 1. The first-order chi connectivity index (χ1) is 8.91. The zero-order valence-electron chi connectivity index (χ0n) is 11.0. The molecule has 5 nitrogen and oxygen atoms in total. The SMILES string of the molecule is C=C(C)COCCNc1cc(C)c([N+](=O)[O-])cc1Cl. The number of nitrogens with zero attached hydrogens (tertiary/aromatic N) is 1. The van der Waals surface area contributed by atoms with Crippen molar-refractivity contribution < 1.29 is 9.66 Å². The Bertz CT molecular complexity index is 489. The monoisotopic (exact) mass is 284 g/mol. The highest BCUT2D eigenvalue weighted by atomic mass is 35.5. The molecule has 1 aromatic carbocycles. The second kappa shape index (κ2) is 7.11. The van der Waals surface area contributed by atoms with Gasteiger partial charge in [-0.25, -0.2) is 0 Å². The second-order valence-electron chi connectivity index (χ2n) is 4.31. The molecule has 0 aliphatic heterocycles. The van der Waals surface area contributed by atoms with Crippen LogP contribution in [0, 0.1) is 17.0 Å². The van der Waals surface area contributed by atoms with E-state index in [9.17, 15) is 10.1 Å². The lowest BCUT2D eigenvalue weighted by molar-refractivity contribution is -0.385. The molecule has 0 atom stereocenters. The summed E-state index contributed by atoms with van der Waals surface area (Å²) in [6, 6.07) is 3.02. The minimum atomic E-state index is -0.443. The van der Waals surface area contributed by atoms with Gasteiger partial charge in [-0.1, -0.05) is 23.8 Å². The zero-order valence-corrected chi connectivity index (χ0v) is 11.8. The third-order valence-corrected chi connectivity index (χ3v) is 2.71. The molecule has 0 aliphatic rings. The molecule has 0 radical (unpaired) electrons. The highest BCUT2D eigenvalue weighted by Crippen LogP contribution is 2.30. The highest BCUT2D eigenvalue weighted by Gasteiger charge is 2.13. The number of aryl methyl sites for hydroxylation is 1. The third kappa shape index (κ3) is 4.89. The Kier molecular flexibility index (Phi) is 5.79. The van der Waals surface area contributed by atoms with Crippen LogP contribution < -0.4 is 5.32 Å². The normalized spacial score (nSPS) is 10.3. The number of anilines is 1. The van der Waals surface area contributed by atoms with Crippen LogP contribution in [0.15, 0.2) is 24.3 Å². The average Bonchev–Trinajstić information content (AvgIpc) is 2.31. The predicted octanol–water partition coefficient (Wildman–Crippen LogP) is 3.56. The number of nitrogens with one attached hydrogen (secondary N) is 1. The van der Waals surface area contributed by atoms with Gasteiger partial charge in [0.15, 0.2) is 0 Å². The van der Waals surface area contributed by atoms with Gasteiger partial charge in [-0.15, -0.1) is 0 Å². The molecule has 0 aliphatic carbocycles. The van der Waals surface area contributed by atoms with Crippen LogP contribution in [0.25, 0.3) is 0 Å². The van der Waals surface area contributed by atoms with Gasteiger partial charge in [-0.05, 0) is 19.9 Å². The first kappa shape index (κ1) is 15.5. The van der Waals surface area contributed by atoms with Crippen LogP contribution in [0.1, 0.15) is 12.5 Å². The molecule has 0 saturated carbocycles. The maximum absolute atomic E-state index is 10.7. The average molecular weight is 285 g/mol. The summed E-state index contributed by atoms with van der Waals surface area (Å²) < 4.78 is 5.34. The topological polar surface area (TPSA) is 64.4 Å². The first-order valence-electron chi connectivity index (χ1n) is 5.82. The van der Waals surface area contributed by atoms with Crippen molar-refractivity contribution in [3.05, 3.63) is 45.0 Å². The number of hydrogen-bond acceptors (Lipinski definition) is 4. The van der Waals surface area contributed by atoms with Gasteiger partial charge in [-0.2, -0.15) is 0 Å². The molecule has 1 aromatic rings. The Morgan fingerprint density at radius 1 is 1.58 bits per heavy atom. The Balaban J connectivity index is 2.57. The van der Waals surface area contributed by atoms with E-state index in [0.717, 1.165) is 5.57 Å². The van der Waals surface area contributed by atoms with E-state index in [1.54, 1.807) is 13.0 Å². The number of ether oxygens (including phenoxy) is 1. The number of nitro benzene ring substituents is 1. The van der Waals surface area contributed by atoms with Crippen molar-refractivity contribution in [2.75, 3.05) is 25.1 Å². The summed E-state index contributed by atoms with van der Waals surface area (Å²) in [5.41, 5.74) is 2.22. The van der Waals surface area contributed by atoms with Crippen LogP contribution in [0.5, 0.6) is 0 Å². The maximum atomic E-state index is 10.7. The molecule has 104 valence electrons. The van der Waals surface area contributed by atoms with E-state index >= 15 is 0 Å². The van der Waals surface area contributed by atoms with Crippen molar-refractivity contribution in [3.8, 4) is 0 Å². The number of halogens is 1. The Labute approximate surface area is 117 Å². The van der Waals surface area contributed by atoms with E-state index in [2.05, 4.69) is 11.9 Å². The molecule has 0 amide bonds. The smallest absolute Gasteiger partial charge is 0.273 e. The lowest BCUT2D eigenvalue weighted by Crippen LogP contribution is -2.10. The van der Waals surface area contributed by atoms with Gasteiger partial charge in [0.2, 0.25) is 0 Å². The van der Waals surface area contributed by atoms with Gasteiger partial charge < -0.3 is 10.1 Å². The molecule has 1 N–H and O–H groups in total. The minimum Gasteiger partial charge on any atom is -0.382 e. The van der Waals surface area contributed by atoms with Crippen molar-refractivity contribution in [1.82, 2.24) is 0 Å². The first-order valence-corrected chi connectivity index (χ1v) is 6.20. The summed E-state index contributed by atoms with van der Waals surface area (Å²) in [6.07, 6.45) is 0. The van der Waals surface area contributed by atoms with Crippen LogP contribution in [0.2, 0.25) is 5.02 Å². The van der Waals surface area contributed by atoms with E-state index in [1.807, 2.05) is 6.92 Å². The van der Waals surface area contributed by atoms with Crippen LogP contribution in [-0.4, -0.2) is 24.7 Å². The van der Waals surface area contributed by atoms with Crippen LogP contribution in [0.3, 0.4) is 0 Å². The van der Waals surface area contributed by atoms with Gasteiger partial charge >= 0.3 is 0 Å². The van der Waals surface area contributed by atoms with E-state index in [4.69, 9.17) is 16.3 Å². The Morgan fingerprint density at radius 3 is 2.84 bits per heavy atom. The number of benzene rings is 1. The summed E-state index contributed by atoms with van der Waals surface area (Å²) in [4.78, 5) is 10.3. The molecule has 19 heavy (non-hydrogen) atoms. The predicted molar refractivity (Wildman–Crippen MR) is 77.0 cm³/mol. The van der Waals surface area contributed by atoms with Crippen molar-refractivity contribution in [3.63, 3.8) is 0 Å². The lowest BCUT2D eigenvalue weighted by Gasteiger charge is -2.10. The highest BCUT2D eigenvalue weighted by molar-refractivity contribution is 6.33. The standard InChI is InChI=1S/C13H17ClN2O3/c1-9(2)8-19-5-4-15-12-6-10(3)13(16(17)18)7-11(12)14/h6-7,15H,1,4-5,8H2,2-3H3. The number of rotatable bonds is 7. The molecule has 0 unspecified atom stereocenters. The largest absolute Gasteiger partial charge is 0.382 e. The lowest BCUT2D eigenvalue weighted by atomic mass is 10.2. The minimum absolute atomic E-state index is 0.0223. The van der Waals surface area contributed by atoms with Crippen molar-refractivity contribution in [1.29, 1.82) is 0 Å². The van der Waals surface area contributed by atoms with Gasteiger partial charge in [0, 0.05) is 18.2 Å². The fourth-order valence-corrected chi connectivity index (χ4v) is 1.73. The summed E-state index contributed by atoms with van der Waals surface area (Å²) in [7, 11) is 0. The van der Waals surface area contributed by atoms with Crippen LogP contribution >= 0.6 is 11.6 Å². The van der Waals surface area contributed by atoms with Gasteiger partial charge in [0.1, 0.15) is 0 Å². The van der Waals surface area contributed by atoms with Crippen molar-refractivity contribution >= 4 is 23.0 Å². The third-order valence-electron chi connectivity index (χ3n) is 2.39. The Morgan fingerprint density at radius 2 is 2.26 bits per heavy atom. The van der Waals surface area contributed by atoms with Gasteiger partial charge in [-0.3, -0.25) is 10.1 Å². The molecular weight excluding hydrogens is 268 g/mol. The quantitative estimate of drug-likeness (QED) is 0.360. The molecule has 1 rings (SSSR count). The second-order valence-corrected chi connectivity index (χ2v) is 4.72. The van der Waals surface area contributed by atoms with E-state index < -0.39 is 4.92 Å². The van der Waals surface area contributed by atoms with Gasteiger partial charge in [0.05, 0.1) is 28.8 Å². The maximum Gasteiger partial charge on any atom is 0.273 e.